The van der Waals surface area contributed by atoms with Crippen LogP contribution in [0.4, 0.5) is 5.69 Å². The van der Waals surface area contributed by atoms with Gasteiger partial charge in [0.2, 0.25) is 5.91 Å². The van der Waals surface area contributed by atoms with Crippen molar-refractivity contribution < 1.29 is 9.59 Å². The first-order valence-corrected chi connectivity index (χ1v) is 10.2. The van der Waals surface area contributed by atoms with Crippen molar-refractivity contribution in [3.63, 3.8) is 0 Å². The van der Waals surface area contributed by atoms with Gasteiger partial charge in [0.25, 0.3) is 5.91 Å². The van der Waals surface area contributed by atoms with Crippen molar-refractivity contribution in [3.8, 4) is 0 Å². The van der Waals surface area contributed by atoms with E-state index in [0.717, 1.165) is 24.6 Å². The summed E-state index contributed by atoms with van der Waals surface area (Å²) in [5.74, 6) is 0.671. The summed E-state index contributed by atoms with van der Waals surface area (Å²) in [5, 5.41) is 10.3. The summed E-state index contributed by atoms with van der Waals surface area (Å²) in [6.07, 6.45) is 4.27. The smallest absolute Gasteiger partial charge is 0.251 e. The molecule has 2 amide bonds. The van der Waals surface area contributed by atoms with Gasteiger partial charge in [-0.1, -0.05) is 18.2 Å². The van der Waals surface area contributed by atoms with Crippen molar-refractivity contribution >= 4 is 47.4 Å². The highest BCUT2D eigenvalue weighted by Crippen LogP contribution is 2.16. The van der Waals surface area contributed by atoms with Gasteiger partial charge in [0.1, 0.15) is 6.54 Å². The molecule has 0 saturated carbocycles. The van der Waals surface area contributed by atoms with E-state index in [9.17, 15) is 9.59 Å². The highest BCUT2D eigenvalue weighted by atomic mass is 127. The van der Waals surface area contributed by atoms with E-state index in [4.69, 9.17) is 0 Å². The molecule has 2 aromatic rings. The third kappa shape index (κ3) is 6.94. The number of nitrogens with one attached hydrogen (secondary N) is 2. The summed E-state index contributed by atoms with van der Waals surface area (Å²) in [7, 11) is 1.84. The van der Waals surface area contributed by atoms with Crippen LogP contribution < -0.4 is 15.5 Å². The van der Waals surface area contributed by atoms with Crippen molar-refractivity contribution in [1.29, 1.82) is 0 Å². The van der Waals surface area contributed by atoms with E-state index in [0.29, 0.717) is 31.7 Å². The van der Waals surface area contributed by atoms with Gasteiger partial charge in [0.15, 0.2) is 5.96 Å². The lowest BCUT2D eigenvalue weighted by Crippen LogP contribution is -2.55. The number of aryl methyl sites for hydroxylation is 1. The molecule has 2 heterocycles. The second-order valence-corrected chi connectivity index (χ2v) is 7.05. The molecule has 1 saturated heterocycles. The zero-order chi connectivity index (χ0) is 21.3. The zero-order valence-corrected chi connectivity index (χ0v) is 20.3. The lowest BCUT2D eigenvalue weighted by molar-refractivity contribution is -0.120. The minimum atomic E-state index is -0.0800. The lowest BCUT2D eigenvalue weighted by Gasteiger charge is -2.35. The molecule has 3 rings (SSSR count). The number of carbonyl (C=O) groups excluding carboxylic acids is 2. The van der Waals surface area contributed by atoms with Gasteiger partial charge in [-0.3, -0.25) is 19.3 Å². The standard InChI is InChI=1S/C21H29N7O2.HI/c1-3-22-21(24-11-7-10-23-20(30)17-8-5-4-6-9-17)27-12-13-28(19(29)16-27)18-14-25-26(2)15-18;/h4-6,8-9,14-15H,3,7,10-13,16H2,1-2H3,(H,22,24)(H,23,30);1H. The fraction of sp³-hybridized carbons (Fsp3) is 0.429. The molecule has 0 spiro atoms. The van der Waals surface area contributed by atoms with E-state index in [1.165, 1.54) is 0 Å². The number of piperazine rings is 1. The minimum Gasteiger partial charge on any atom is -0.357 e. The highest BCUT2D eigenvalue weighted by molar-refractivity contribution is 14.0. The molecule has 1 aromatic carbocycles. The second-order valence-electron chi connectivity index (χ2n) is 7.05. The summed E-state index contributed by atoms with van der Waals surface area (Å²) in [6.45, 7) is 5.38. The number of rotatable bonds is 7. The first-order chi connectivity index (χ1) is 14.6. The van der Waals surface area contributed by atoms with Crippen molar-refractivity contribution in [2.24, 2.45) is 12.0 Å². The molecule has 1 aliphatic rings. The van der Waals surface area contributed by atoms with Crippen LogP contribution in [0, 0.1) is 0 Å². The Morgan fingerprint density at radius 1 is 1.19 bits per heavy atom. The average Bonchev–Trinajstić information content (AvgIpc) is 3.19. The van der Waals surface area contributed by atoms with Gasteiger partial charge >= 0.3 is 0 Å². The first-order valence-electron chi connectivity index (χ1n) is 10.2. The maximum absolute atomic E-state index is 12.6. The van der Waals surface area contributed by atoms with Gasteiger partial charge in [0, 0.05) is 51.5 Å². The number of carbonyl (C=O) groups is 2. The van der Waals surface area contributed by atoms with Crippen molar-refractivity contribution in [2.75, 3.05) is 44.2 Å². The molecule has 0 atom stereocenters. The third-order valence-electron chi connectivity index (χ3n) is 4.78. The number of nitrogens with zero attached hydrogens (tertiary/aromatic N) is 5. The van der Waals surface area contributed by atoms with Crippen LogP contribution in [0.25, 0.3) is 0 Å². The molecule has 2 N–H and O–H groups in total. The molecule has 1 fully saturated rings. The van der Waals surface area contributed by atoms with Crippen molar-refractivity contribution in [3.05, 3.63) is 48.3 Å². The quantitative estimate of drug-likeness (QED) is 0.241. The lowest BCUT2D eigenvalue weighted by atomic mass is 10.2. The van der Waals surface area contributed by atoms with Crippen LogP contribution in [0.1, 0.15) is 23.7 Å². The predicted molar refractivity (Wildman–Crippen MR) is 132 cm³/mol. The number of aromatic nitrogens is 2. The number of benzene rings is 1. The Hall–Kier alpha value is -2.63. The summed E-state index contributed by atoms with van der Waals surface area (Å²) < 4.78 is 1.69. The highest BCUT2D eigenvalue weighted by Gasteiger charge is 2.27. The minimum absolute atomic E-state index is 0. The van der Waals surface area contributed by atoms with E-state index in [1.54, 1.807) is 27.9 Å². The van der Waals surface area contributed by atoms with Crippen LogP contribution in [0.2, 0.25) is 0 Å². The summed E-state index contributed by atoms with van der Waals surface area (Å²) in [5.41, 5.74) is 1.47. The Bertz CT molecular complexity index is 885. The second kappa shape index (κ2) is 12.3. The Morgan fingerprint density at radius 2 is 1.97 bits per heavy atom. The fourth-order valence-corrected chi connectivity index (χ4v) is 3.26. The predicted octanol–water partition coefficient (Wildman–Crippen LogP) is 1.47. The average molecular weight is 539 g/mol. The molecule has 10 heteroatoms. The Kier molecular flexibility index (Phi) is 9.76. The van der Waals surface area contributed by atoms with Crippen LogP contribution in [0.5, 0.6) is 0 Å². The topological polar surface area (TPSA) is 94.9 Å². The molecule has 0 radical (unpaired) electrons. The van der Waals surface area contributed by atoms with E-state index in [1.807, 2.05) is 43.3 Å². The summed E-state index contributed by atoms with van der Waals surface area (Å²) in [6, 6.07) is 9.15. The van der Waals surface area contributed by atoms with Gasteiger partial charge in [-0.2, -0.15) is 5.10 Å². The van der Waals surface area contributed by atoms with Gasteiger partial charge in [0.05, 0.1) is 11.9 Å². The number of amides is 2. The largest absolute Gasteiger partial charge is 0.357 e. The van der Waals surface area contributed by atoms with Crippen LogP contribution in [-0.4, -0.2) is 71.7 Å². The van der Waals surface area contributed by atoms with E-state index in [-0.39, 0.29) is 42.3 Å². The molecule has 0 aliphatic carbocycles. The monoisotopic (exact) mass is 539 g/mol. The van der Waals surface area contributed by atoms with Gasteiger partial charge in [-0.05, 0) is 25.5 Å². The zero-order valence-electron chi connectivity index (χ0n) is 18.0. The number of hydrogen-bond acceptors (Lipinski definition) is 4. The van der Waals surface area contributed by atoms with Gasteiger partial charge < -0.3 is 20.4 Å². The molecule has 1 aromatic heterocycles. The van der Waals surface area contributed by atoms with Crippen molar-refractivity contribution in [1.82, 2.24) is 25.3 Å². The van der Waals surface area contributed by atoms with E-state index >= 15 is 0 Å². The Morgan fingerprint density at radius 3 is 2.61 bits per heavy atom. The number of halogens is 1. The molecular weight excluding hydrogens is 509 g/mol. The number of guanidine groups is 1. The SMILES string of the molecule is CCNC(=NCCCNC(=O)c1ccccc1)N1CCN(c2cnn(C)c2)C(=O)C1.I. The Labute approximate surface area is 199 Å². The number of anilines is 1. The molecule has 168 valence electrons. The molecule has 0 bridgehead atoms. The molecule has 9 nitrogen and oxygen atoms in total. The molecule has 31 heavy (non-hydrogen) atoms. The van der Waals surface area contributed by atoms with E-state index in [2.05, 4.69) is 20.7 Å². The van der Waals surface area contributed by atoms with Crippen LogP contribution in [-0.2, 0) is 11.8 Å². The first kappa shape index (κ1) is 24.6. The van der Waals surface area contributed by atoms with Crippen molar-refractivity contribution in [2.45, 2.75) is 13.3 Å². The fourth-order valence-electron chi connectivity index (χ4n) is 3.26. The normalized spacial score (nSPS) is 14.3. The van der Waals surface area contributed by atoms with Crippen LogP contribution in [0.3, 0.4) is 0 Å². The summed E-state index contributed by atoms with van der Waals surface area (Å²) in [4.78, 5) is 33.1. The van der Waals surface area contributed by atoms with Crippen LogP contribution >= 0.6 is 24.0 Å². The van der Waals surface area contributed by atoms with Gasteiger partial charge in [-0.15, -0.1) is 24.0 Å². The Balaban J connectivity index is 0.00000341. The molecule has 1 aliphatic heterocycles. The molecular formula is C21H30IN7O2. The maximum Gasteiger partial charge on any atom is 0.251 e. The van der Waals surface area contributed by atoms with Crippen LogP contribution in [0.15, 0.2) is 47.7 Å². The number of hydrogen-bond donors (Lipinski definition) is 2. The third-order valence-corrected chi connectivity index (χ3v) is 4.78. The summed E-state index contributed by atoms with van der Waals surface area (Å²) >= 11 is 0. The van der Waals surface area contributed by atoms with Gasteiger partial charge in [-0.25, -0.2) is 0 Å². The molecule has 0 unspecified atom stereocenters. The van der Waals surface area contributed by atoms with E-state index < -0.39 is 0 Å². The number of aliphatic imine (C=N–C) groups is 1. The maximum atomic E-state index is 12.6.